The average Bonchev–Trinajstić information content (AvgIpc) is 2.43. The first-order chi connectivity index (χ1) is 5.18. The molecule has 62 valence electrons. The summed E-state index contributed by atoms with van der Waals surface area (Å²) in [7, 11) is 0. The molecule has 0 saturated heterocycles. The SMILES string of the molecule is CC1CC2CC1CC2C(N)=O. The van der Waals surface area contributed by atoms with Gasteiger partial charge in [-0.05, 0) is 37.0 Å². The molecular formula is C9H15NO. The lowest BCUT2D eigenvalue weighted by atomic mass is 9.83. The molecule has 4 atom stereocenters. The summed E-state index contributed by atoms with van der Waals surface area (Å²) in [5, 5.41) is 0. The number of fused-ring (bicyclic) bond motifs is 2. The van der Waals surface area contributed by atoms with Crippen molar-refractivity contribution in [1.82, 2.24) is 0 Å². The van der Waals surface area contributed by atoms with Crippen LogP contribution >= 0.6 is 0 Å². The van der Waals surface area contributed by atoms with Crippen LogP contribution in [0.5, 0.6) is 0 Å². The number of amides is 1. The second-order valence-corrected chi connectivity index (χ2v) is 4.21. The summed E-state index contributed by atoms with van der Waals surface area (Å²) in [6, 6.07) is 0. The molecule has 11 heavy (non-hydrogen) atoms. The van der Waals surface area contributed by atoms with E-state index in [1.54, 1.807) is 0 Å². The van der Waals surface area contributed by atoms with Crippen molar-refractivity contribution in [3.63, 3.8) is 0 Å². The molecule has 0 aromatic rings. The predicted molar refractivity (Wildman–Crippen MR) is 42.7 cm³/mol. The molecule has 2 rings (SSSR count). The van der Waals surface area contributed by atoms with Gasteiger partial charge in [-0.3, -0.25) is 4.79 Å². The third-order valence-corrected chi connectivity index (χ3v) is 3.58. The minimum atomic E-state index is -0.0654. The standard InChI is InChI=1S/C9H15NO/c1-5-2-7-3-6(5)4-8(7)9(10)11/h5-8H,2-4H2,1H3,(H2,10,11). The monoisotopic (exact) mass is 153 g/mol. The van der Waals surface area contributed by atoms with Crippen LogP contribution in [0.2, 0.25) is 0 Å². The van der Waals surface area contributed by atoms with Crippen LogP contribution < -0.4 is 5.73 Å². The van der Waals surface area contributed by atoms with Gasteiger partial charge in [0.15, 0.2) is 0 Å². The smallest absolute Gasteiger partial charge is 0.220 e. The zero-order chi connectivity index (χ0) is 8.01. The molecule has 2 heteroatoms. The number of nitrogens with two attached hydrogens (primary N) is 1. The van der Waals surface area contributed by atoms with Crippen LogP contribution in [0.4, 0.5) is 0 Å². The van der Waals surface area contributed by atoms with Crippen LogP contribution in [0.25, 0.3) is 0 Å². The summed E-state index contributed by atoms with van der Waals surface area (Å²) in [6.07, 6.45) is 3.56. The van der Waals surface area contributed by atoms with Crippen LogP contribution in [0.15, 0.2) is 0 Å². The van der Waals surface area contributed by atoms with Gasteiger partial charge in [0.25, 0.3) is 0 Å². The van der Waals surface area contributed by atoms with Gasteiger partial charge in [0.05, 0.1) is 0 Å². The van der Waals surface area contributed by atoms with Gasteiger partial charge in [0.2, 0.25) is 5.91 Å². The Morgan fingerprint density at radius 1 is 1.27 bits per heavy atom. The van der Waals surface area contributed by atoms with Crippen molar-refractivity contribution in [3.05, 3.63) is 0 Å². The quantitative estimate of drug-likeness (QED) is 0.603. The Balaban J connectivity index is 2.08. The molecule has 0 aromatic heterocycles. The molecule has 2 bridgehead atoms. The molecule has 0 spiro atoms. The minimum Gasteiger partial charge on any atom is -0.369 e. The van der Waals surface area contributed by atoms with Crippen molar-refractivity contribution in [3.8, 4) is 0 Å². The minimum absolute atomic E-state index is 0.0654. The number of carbonyl (C=O) groups is 1. The first-order valence-corrected chi connectivity index (χ1v) is 4.47. The largest absolute Gasteiger partial charge is 0.369 e. The third kappa shape index (κ3) is 0.959. The maximum Gasteiger partial charge on any atom is 0.220 e. The Morgan fingerprint density at radius 2 is 2.00 bits per heavy atom. The van der Waals surface area contributed by atoms with Crippen molar-refractivity contribution in [2.24, 2.45) is 29.4 Å². The van der Waals surface area contributed by atoms with Crippen LogP contribution in [0.1, 0.15) is 26.2 Å². The normalized spacial score (nSPS) is 48.1. The van der Waals surface area contributed by atoms with Crippen molar-refractivity contribution in [2.45, 2.75) is 26.2 Å². The van der Waals surface area contributed by atoms with E-state index in [-0.39, 0.29) is 11.8 Å². The highest BCUT2D eigenvalue weighted by molar-refractivity contribution is 5.77. The number of primary amides is 1. The van der Waals surface area contributed by atoms with Crippen LogP contribution in [-0.4, -0.2) is 5.91 Å². The van der Waals surface area contributed by atoms with Crippen molar-refractivity contribution < 1.29 is 4.79 Å². The van der Waals surface area contributed by atoms with Crippen LogP contribution in [0, 0.1) is 23.7 Å². The highest BCUT2D eigenvalue weighted by Crippen LogP contribution is 2.51. The molecule has 2 N–H and O–H groups in total. The summed E-state index contributed by atoms with van der Waals surface area (Å²) in [5.41, 5.74) is 5.29. The lowest BCUT2D eigenvalue weighted by Crippen LogP contribution is -2.29. The summed E-state index contributed by atoms with van der Waals surface area (Å²) in [4.78, 5) is 10.9. The lowest BCUT2D eigenvalue weighted by Gasteiger charge is -2.22. The average molecular weight is 153 g/mol. The zero-order valence-corrected chi connectivity index (χ0v) is 6.92. The number of hydrogen-bond donors (Lipinski definition) is 1. The lowest BCUT2D eigenvalue weighted by molar-refractivity contribution is -0.123. The van der Waals surface area contributed by atoms with Gasteiger partial charge >= 0.3 is 0 Å². The Morgan fingerprint density at radius 3 is 2.36 bits per heavy atom. The Labute approximate surface area is 67.1 Å². The molecule has 0 aromatic carbocycles. The van der Waals surface area contributed by atoms with E-state index in [9.17, 15) is 4.79 Å². The highest BCUT2D eigenvalue weighted by Gasteiger charge is 2.45. The Hall–Kier alpha value is -0.530. The van der Waals surface area contributed by atoms with E-state index in [2.05, 4.69) is 6.92 Å². The van der Waals surface area contributed by atoms with Crippen molar-refractivity contribution >= 4 is 5.91 Å². The van der Waals surface area contributed by atoms with E-state index in [1.807, 2.05) is 0 Å². The van der Waals surface area contributed by atoms with Gasteiger partial charge in [-0.1, -0.05) is 6.92 Å². The second-order valence-electron chi connectivity index (χ2n) is 4.21. The fourth-order valence-electron chi connectivity index (χ4n) is 2.91. The van der Waals surface area contributed by atoms with Gasteiger partial charge in [0, 0.05) is 5.92 Å². The fourth-order valence-corrected chi connectivity index (χ4v) is 2.91. The maximum atomic E-state index is 10.9. The van der Waals surface area contributed by atoms with Crippen molar-refractivity contribution in [1.29, 1.82) is 0 Å². The molecule has 2 fully saturated rings. The molecule has 2 aliphatic rings. The molecule has 2 saturated carbocycles. The second kappa shape index (κ2) is 2.23. The summed E-state index contributed by atoms with van der Waals surface area (Å²) in [6.45, 7) is 2.29. The van der Waals surface area contributed by atoms with E-state index in [0.29, 0.717) is 5.92 Å². The molecule has 2 nitrogen and oxygen atoms in total. The summed E-state index contributed by atoms with van der Waals surface area (Å²) in [5.74, 6) is 2.43. The predicted octanol–water partition coefficient (Wildman–Crippen LogP) is 1.15. The summed E-state index contributed by atoms with van der Waals surface area (Å²) >= 11 is 0. The highest BCUT2D eigenvalue weighted by atomic mass is 16.1. The zero-order valence-electron chi connectivity index (χ0n) is 6.92. The molecule has 0 heterocycles. The van der Waals surface area contributed by atoms with Gasteiger partial charge in [-0.15, -0.1) is 0 Å². The molecule has 2 aliphatic carbocycles. The number of carbonyl (C=O) groups excluding carboxylic acids is 1. The molecule has 0 radical (unpaired) electrons. The van der Waals surface area contributed by atoms with Gasteiger partial charge in [-0.2, -0.15) is 0 Å². The Bertz CT molecular complexity index is 188. The Kier molecular flexibility index (Phi) is 1.44. The molecule has 4 unspecified atom stereocenters. The van der Waals surface area contributed by atoms with E-state index in [0.717, 1.165) is 18.3 Å². The fraction of sp³-hybridized carbons (Fsp3) is 0.889. The maximum absolute atomic E-state index is 10.9. The summed E-state index contributed by atoms with van der Waals surface area (Å²) < 4.78 is 0. The van der Waals surface area contributed by atoms with Gasteiger partial charge < -0.3 is 5.73 Å². The number of rotatable bonds is 1. The van der Waals surface area contributed by atoms with Crippen LogP contribution in [0.3, 0.4) is 0 Å². The van der Waals surface area contributed by atoms with Gasteiger partial charge in [-0.25, -0.2) is 0 Å². The topological polar surface area (TPSA) is 43.1 Å². The van der Waals surface area contributed by atoms with Crippen molar-refractivity contribution in [2.75, 3.05) is 0 Å². The third-order valence-electron chi connectivity index (χ3n) is 3.58. The van der Waals surface area contributed by atoms with E-state index >= 15 is 0 Å². The van der Waals surface area contributed by atoms with E-state index in [1.165, 1.54) is 12.8 Å². The number of hydrogen-bond acceptors (Lipinski definition) is 1. The van der Waals surface area contributed by atoms with Crippen LogP contribution in [-0.2, 0) is 4.79 Å². The van der Waals surface area contributed by atoms with E-state index in [4.69, 9.17) is 5.73 Å². The van der Waals surface area contributed by atoms with Gasteiger partial charge in [0.1, 0.15) is 0 Å². The first-order valence-electron chi connectivity index (χ1n) is 4.47. The molecular weight excluding hydrogens is 138 g/mol. The molecule has 0 aliphatic heterocycles. The van der Waals surface area contributed by atoms with E-state index < -0.39 is 0 Å². The first kappa shape index (κ1) is 7.14. The molecule has 1 amide bonds.